The van der Waals surface area contributed by atoms with Crippen molar-refractivity contribution in [2.24, 2.45) is 11.3 Å². The Morgan fingerprint density at radius 3 is 2.83 bits per heavy atom. The van der Waals surface area contributed by atoms with Crippen LogP contribution in [0.25, 0.3) is 0 Å². The van der Waals surface area contributed by atoms with Gasteiger partial charge in [0.2, 0.25) is 0 Å². The molecule has 2 nitrogen and oxygen atoms in total. The topological polar surface area (TPSA) is 26.3 Å². The van der Waals surface area contributed by atoms with E-state index in [2.05, 4.69) is 20.4 Å². The summed E-state index contributed by atoms with van der Waals surface area (Å²) in [4.78, 5) is 11.6. The number of carbonyl (C=O) groups excluding carboxylic acids is 1. The Bertz CT molecular complexity index is 405. The Balaban J connectivity index is 2.18. The van der Waals surface area contributed by atoms with Crippen molar-refractivity contribution in [1.29, 1.82) is 0 Å². The third kappa shape index (κ3) is 2.25. The van der Waals surface area contributed by atoms with Crippen LogP contribution in [0.5, 0.6) is 0 Å². The first-order valence-corrected chi connectivity index (χ1v) is 6.94. The van der Waals surface area contributed by atoms with Gasteiger partial charge in [-0.25, -0.2) is 4.79 Å². The molecule has 0 saturated heterocycles. The molecule has 18 heavy (non-hydrogen) atoms. The first kappa shape index (κ1) is 13.4. The van der Waals surface area contributed by atoms with E-state index in [4.69, 9.17) is 4.74 Å². The van der Waals surface area contributed by atoms with E-state index in [9.17, 15) is 4.79 Å². The van der Waals surface area contributed by atoms with E-state index in [1.165, 1.54) is 32.8 Å². The van der Waals surface area contributed by atoms with Crippen molar-refractivity contribution in [3.63, 3.8) is 0 Å². The molecule has 2 rings (SSSR count). The van der Waals surface area contributed by atoms with Gasteiger partial charge in [-0.15, -0.1) is 0 Å². The minimum atomic E-state index is -0.238. The van der Waals surface area contributed by atoms with Crippen molar-refractivity contribution in [2.45, 2.75) is 52.4 Å². The van der Waals surface area contributed by atoms with Gasteiger partial charge >= 0.3 is 5.97 Å². The van der Waals surface area contributed by atoms with Crippen LogP contribution >= 0.6 is 0 Å². The number of methoxy groups -OCH3 is 1. The number of hydrogen-bond acceptors (Lipinski definition) is 2. The van der Waals surface area contributed by atoms with Gasteiger partial charge in [0.25, 0.3) is 0 Å². The summed E-state index contributed by atoms with van der Waals surface area (Å²) in [6.45, 7) is 8.59. The molecule has 100 valence electrons. The van der Waals surface area contributed by atoms with Crippen LogP contribution in [0, 0.1) is 11.3 Å². The summed E-state index contributed by atoms with van der Waals surface area (Å²) in [6.07, 6.45) is 7.10. The quantitative estimate of drug-likeness (QED) is 0.419. The van der Waals surface area contributed by atoms with E-state index in [-0.39, 0.29) is 11.9 Å². The summed E-state index contributed by atoms with van der Waals surface area (Å²) < 4.78 is 4.80. The molecule has 1 fully saturated rings. The van der Waals surface area contributed by atoms with E-state index < -0.39 is 0 Å². The van der Waals surface area contributed by atoms with Gasteiger partial charge in [0.1, 0.15) is 0 Å². The lowest BCUT2D eigenvalue weighted by molar-refractivity contribution is -0.136. The lowest BCUT2D eigenvalue weighted by Crippen LogP contribution is -2.32. The fraction of sp³-hybridized carbons (Fsp3) is 0.688. The van der Waals surface area contributed by atoms with Crippen molar-refractivity contribution in [1.82, 2.24) is 0 Å². The lowest BCUT2D eigenvalue weighted by atomic mass is 9.61. The van der Waals surface area contributed by atoms with Crippen molar-refractivity contribution in [2.75, 3.05) is 7.11 Å². The monoisotopic (exact) mass is 248 g/mol. The molecule has 2 heteroatoms. The van der Waals surface area contributed by atoms with Crippen LogP contribution in [0.15, 0.2) is 23.3 Å². The summed E-state index contributed by atoms with van der Waals surface area (Å²) in [5, 5.41) is 0. The fourth-order valence-corrected chi connectivity index (χ4v) is 3.69. The van der Waals surface area contributed by atoms with Crippen molar-refractivity contribution in [3.8, 4) is 0 Å². The van der Waals surface area contributed by atoms with Crippen molar-refractivity contribution >= 4 is 5.97 Å². The number of hydrogen-bond donors (Lipinski definition) is 0. The van der Waals surface area contributed by atoms with Gasteiger partial charge in [-0.1, -0.05) is 24.6 Å². The second kappa shape index (κ2) is 4.91. The van der Waals surface area contributed by atoms with Crippen LogP contribution in [0.3, 0.4) is 0 Å². The van der Waals surface area contributed by atoms with Crippen LogP contribution in [-0.4, -0.2) is 13.1 Å². The molecule has 0 unspecified atom stereocenters. The van der Waals surface area contributed by atoms with Crippen LogP contribution in [-0.2, 0) is 9.53 Å². The van der Waals surface area contributed by atoms with E-state index in [1.807, 2.05) is 0 Å². The molecule has 0 aromatic carbocycles. The fourth-order valence-electron chi connectivity index (χ4n) is 3.69. The van der Waals surface area contributed by atoms with Crippen LogP contribution in [0.2, 0.25) is 0 Å². The van der Waals surface area contributed by atoms with E-state index in [0.717, 1.165) is 12.8 Å². The van der Waals surface area contributed by atoms with Gasteiger partial charge in [-0.2, -0.15) is 0 Å². The highest BCUT2D eigenvalue weighted by atomic mass is 16.5. The van der Waals surface area contributed by atoms with Gasteiger partial charge < -0.3 is 4.74 Å². The molecule has 0 aliphatic heterocycles. The Kier molecular flexibility index (Phi) is 3.65. The van der Waals surface area contributed by atoms with Gasteiger partial charge in [-0.3, -0.25) is 0 Å². The Morgan fingerprint density at radius 1 is 1.44 bits per heavy atom. The Morgan fingerprint density at radius 2 is 2.17 bits per heavy atom. The Hall–Kier alpha value is -1.05. The summed E-state index contributed by atoms with van der Waals surface area (Å²) in [6, 6.07) is 0. The van der Waals surface area contributed by atoms with E-state index in [0.29, 0.717) is 11.0 Å². The minimum absolute atomic E-state index is 0.238. The van der Waals surface area contributed by atoms with Gasteiger partial charge in [0.15, 0.2) is 0 Å². The number of esters is 1. The maximum atomic E-state index is 11.6. The van der Waals surface area contributed by atoms with Crippen LogP contribution in [0.1, 0.15) is 52.4 Å². The molecule has 2 atom stereocenters. The molecule has 0 aromatic rings. The molecule has 0 spiro atoms. The number of carbonyl (C=O) groups is 1. The molecule has 0 bridgehead atoms. The van der Waals surface area contributed by atoms with Crippen LogP contribution in [0.4, 0.5) is 0 Å². The predicted molar refractivity (Wildman–Crippen MR) is 73.2 cm³/mol. The molecule has 0 heterocycles. The van der Waals surface area contributed by atoms with Crippen molar-refractivity contribution < 1.29 is 9.53 Å². The zero-order chi connectivity index (χ0) is 13.3. The smallest absolute Gasteiger partial charge is 0.333 e. The average molecular weight is 248 g/mol. The molecule has 0 N–H and O–H groups in total. The first-order chi connectivity index (χ1) is 8.48. The predicted octanol–water partition coefficient (Wildman–Crippen LogP) is 4.02. The van der Waals surface area contributed by atoms with Gasteiger partial charge in [0.05, 0.1) is 7.11 Å². The molecular weight excluding hydrogens is 224 g/mol. The highest BCUT2D eigenvalue weighted by molar-refractivity contribution is 5.88. The third-order valence-corrected chi connectivity index (χ3v) is 4.96. The summed E-state index contributed by atoms with van der Waals surface area (Å²) in [5.41, 5.74) is 4.18. The summed E-state index contributed by atoms with van der Waals surface area (Å²) in [5.74, 6) is 0.0474. The Labute approximate surface area is 110 Å². The molecular formula is C16H24O2. The van der Waals surface area contributed by atoms with E-state index in [1.54, 1.807) is 11.1 Å². The minimum Gasteiger partial charge on any atom is -0.466 e. The number of ether oxygens (including phenoxy) is 1. The average Bonchev–Trinajstić information content (AvgIpc) is 2.36. The molecule has 0 radical (unpaired) electrons. The first-order valence-electron chi connectivity index (χ1n) is 6.94. The molecule has 0 aromatic heterocycles. The molecule has 0 amide bonds. The largest absolute Gasteiger partial charge is 0.466 e. The standard InChI is InChI=1S/C16H24O2/c1-11-6-5-8-16(3)9-7-13(10-14(11)16)12(2)15(17)18-4/h13H,2,5-10H2,1,3-4H3/t13-,16-/m0/s1. The lowest BCUT2D eigenvalue weighted by Gasteiger charge is -2.44. The van der Waals surface area contributed by atoms with Gasteiger partial charge in [-0.05, 0) is 56.8 Å². The second-order valence-electron chi connectivity index (χ2n) is 6.13. The molecule has 2 aliphatic rings. The second-order valence-corrected chi connectivity index (χ2v) is 6.13. The highest BCUT2D eigenvalue weighted by Gasteiger charge is 2.39. The van der Waals surface area contributed by atoms with Gasteiger partial charge in [0, 0.05) is 5.57 Å². The number of rotatable bonds is 2. The summed E-state index contributed by atoms with van der Waals surface area (Å²) >= 11 is 0. The molecule has 2 aliphatic carbocycles. The normalized spacial score (nSPS) is 31.8. The third-order valence-electron chi connectivity index (χ3n) is 4.96. The number of fused-ring (bicyclic) bond motifs is 1. The molecule has 1 saturated carbocycles. The zero-order valence-electron chi connectivity index (χ0n) is 11.8. The van der Waals surface area contributed by atoms with Crippen molar-refractivity contribution in [3.05, 3.63) is 23.3 Å². The number of allylic oxidation sites excluding steroid dienone is 2. The van der Waals surface area contributed by atoms with Crippen LogP contribution < -0.4 is 0 Å². The SMILES string of the molecule is C=C(C(=O)OC)[C@H]1CC[C@]2(C)CCCC(C)=C2C1. The maximum absolute atomic E-state index is 11.6. The summed E-state index contributed by atoms with van der Waals surface area (Å²) in [7, 11) is 1.44. The highest BCUT2D eigenvalue weighted by Crippen LogP contribution is 2.52. The zero-order valence-corrected chi connectivity index (χ0v) is 11.8. The maximum Gasteiger partial charge on any atom is 0.333 e. The van der Waals surface area contributed by atoms with E-state index >= 15 is 0 Å².